The molecule has 1 heterocycles. The molecule has 182 valence electrons. The molecule has 3 heteroatoms. The molecule has 4 aromatic carbocycles. The highest BCUT2D eigenvalue weighted by molar-refractivity contribution is 6.10. The van der Waals surface area contributed by atoms with Crippen molar-refractivity contribution in [2.24, 2.45) is 10.9 Å². The molecule has 1 aliphatic rings. The van der Waals surface area contributed by atoms with Crippen LogP contribution in [0.4, 0.5) is 11.4 Å². The van der Waals surface area contributed by atoms with Crippen LogP contribution in [0.2, 0.25) is 0 Å². The summed E-state index contributed by atoms with van der Waals surface area (Å²) in [5.74, 6) is 1.15. The maximum absolute atomic E-state index is 5.92. The van der Waals surface area contributed by atoms with Gasteiger partial charge in [-0.15, -0.1) is 0 Å². The molecule has 36 heavy (non-hydrogen) atoms. The van der Waals surface area contributed by atoms with Gasteiger partial charge in [-0.25, -0.2) is 0 Å². The van der Waals surface area contributed by atoms with E-state index >= 15 is 0 Å². The first kappa shape index (κ1) is 23.9. The van der Waals surface area contributed by atoms with Crippen molar-refractivity contribution in [3.63, 3.8) is 0 Å². The van der Waals surface area contributed by atoms with Gasteiger partial charge < -0.3 is 9.64 Å². The zero-order valence-electron chi connectivity index (χ0n) is 21.2. The monoisotopic (exact) mass is 474 g/mol. The Morgan fingerprint density at radius 2 is 1.44 bits per heavy atom. The summed E-state index contributed by atoms with van der Waals surface area (Å²) >= 11 is 0. The normalized spacial score (nSPS) is 18.2. The van der Waals surface area contributed by atoms with Gasteiger partial charge in [0.2, 0.25) is 0 Å². The molecule has 0 radical (unpaired) electrons. The first-order valence-corrected chi connectivity index (χ1v) is 13.0. The molecular weight excluding hydrogens is 440 g/mol. The van der Waals surface area contributed by atoms with Crippen LogP contribution in [0.15, 0.2) is 114 Å². The maximum atomic E-state index is 5.92. The molecular formula is C33H34N2O. The summed E-state index contributed by atoms with van der Waals surface area (Å²) in [7, 11) is 1.77. The highest BCUT2D eigenvalue weighted by Crippen LogP contribution is 2.47. The van der Waals surface area contributed by atoms with Gasteiger partial charge in [0.1, 0.15) is 5.75 Å². The molecule has 3 nitrogen and oxygen atoms in total. The van der Waals surface area contributed by atoms with E-state index in [1.807, 2.05) is 6.07 Å². The Morgan fingerprint density at radius 3 is 2.19 bits per heavy atom. The third-order valence-corrected chi connectivity index (χ3v) is 7.09. The second kappa shape index (κ2) is 11.3. The summed E-state index contributed by atoms with van der Waals surface area (Å²) in [5.41, 5.74) is 7.13. The van der Waals surface area contributed by atoms with Crippen LogP contribution in [-0.4, -0.2) is 12.8 Å². The van der Waals surface area contributed by atoms with Gasteiger partial charge in [0, 0.05) is 29.3 Å². The summed E-state index contributed by atoms with van der Waals surface area (Å²) < 4.78 is 5.92. The largest absolute Gasteiger partial charge is 0.496 e. The standard InChI is InChI=1S/C33H34N2O/c1-3-4-19-29-32(34-26-17-9-6-10-18-26)27-20-11-13-22-30(27)35(24-25-15-7-5-8-16-25)33(29)28-21-12-14-23-31(28)36-2/h5-18,20-23,29,33H,3-4,19,24H2,1-2H3/t29-,33+/m1/s1. The van der Waals surface area contributed by atoms with E-state index in [2.05, 4.69) is 115 Å². The summed E-state index contributed by atoms with van der Waals surface area (Å²) in [6, 6.07) is 38.5. The number of nitrogens with zero attached hydrogens (tertiary/aromatic N) is 2. The molecule has 1 aliphatic heterocycles. The van der Waals surface area contributed by atoms with E-state index in [9.17, 15) is 0 Å². The van der Waals surface area contributed by atoms with Crippen LogP contribution >= 0.6 is 0 Å². The lowest BCUT2D eigenvalue weighted by Gasteiger charge is -2.45. The molecule has 0 unspecified atom stereocenters. The molecule has 0 saturated heterocycles. The topological polar surface area (TPSA) is 24.8 Å². The van der Waals surface area contributed by atoms with E-state index in [1.165, 1.54) is 28.1 Å². The zero-order chi connectivity index (χ0) is 24.7. The minimum Gasteiger partial charge on any atom is -0.496 e. The summed E-state index contributed by atoms with van der Waals surface area (Å²) in [6.07, 6.45) is 3.35. The van der Waals surface area contributed by atoms with Gasteiger partial charge in [0.25, 0.3) is 0 Å². The lowest BCUT2D eigenvalue weighted by molar-refractivity contribution is 0.387. The molecule has 0 amide bonds. The SMILES string of the molecule is CCCC[C@@H]1C(=Nc2ccccc2)c2ccccc2N(Cc2ccccc2)[C@H]1c1ccccc1OC. The quantitative estimate of drug-likeness (QED) is 0.256. The van der Waals surface area contributed by atoms with Gasteiger partial charge in [-0.2, -0.15) is 0 Å². The van der Waals surface area contributed by atoms with E-state index in [1.54, 1.807) is 7.11 Å². The number of fused-ring (bicyclic) bond motifs is 1. The molecule has 0 spiro atoms. The smallest absolute Gasteiger partial charge is 0.124 e. The van der Waals surface area contributed by atoms with Crippen molar-refractivity contribution in [2.45, 2.75) is 38.8 Å². The molecule has 0 N–H and O–H groups in total. The molecule has 0 fully saturated rings. The summed E-state index contributed by atoms with van der Waals surface area (Å²) in [5, 5.41) is 0. The number of methoxy groups -OCH3 is 1. The zero-order valence-corrected chi connectivity index (χ0v) is 21.2. The number of para-hydroxylation sites is 3. The summed E-state index contributed by atoms with van der Waals surface area (Å²) in [6.45, 7) is 3.09. The molecule has 0 bridgehead atoms. The predicted octanol–water partition coefficient (Wildman–Crippen LogP) is 8.38. The van der Waals surface area contributed by atoms with Crippen LogP contribution < -0.4 is 9.64 Å². The Balaban J connectivity index is 1.75. The van der Waals surface area contributed by atoms with Crippen molar-refractivity contribution in [3.05, 3.63) is 126 Å². The number of hydrogen-bond acceptors (Lipinski definition) is 3. The fourth-order valence-electron chi connectivity index (χ4n) is 5.42. The van der Waals surface area contributed by atoms with Gasteiger partial charge >= 0.3 is 0 Å². The van der Waals surface area contributed by atoms with Gasteiger partial charge in [-0.05, 0) is 36.2 Å². The second-order valence-electron chi connectivity index (χ2n) is 9.40. The fraction of sp³-hybridized carbons (Fsp3) is 0.242. The Bertz CT molecular complexity index is 1300. The van der Waals surface area contributed by atoms with Crippen LogP contribution in [0, 0.1) is 5.92 Å². The summed E-state index contributed by atoms with van der Waals surface area (Å²) in [4.78, 5) is 7.89. The number of hydrogen-bond donors (Lipinski definition) is 0. The minimum atomic E-state index is 0.102. The van der Waals surface area contributed by atoms with Crippen LogP contribution in [0.5, 0.6) is 5.75 Å². The molecule has 0 aliphatic carbocycles. The number of unbranched alkanes of at least 4 members (excludes halogenated alkanes) is 1. The van der Waals surface area contributed by atoms with Crippen molar-refractivity contribution >= 4 is 17.1 Å². The minimum absolute atomic E-state index is 0.102. The average molecular weight is 475 g/mol. The molecule has 0 aromatic heterocycles. The third kappa shape index (κ3) is 4.92. The first-order chi connectivity index (χ1) is 17.8. The third-order valence-electron chi connectivity index (χ3n) is 7.09. The van der Waals surface area contributed by atoms with E-state index in [-0.39, 0.29) is 12.0 Å². The Morgan fingerprint density at radius 1 is 0.778 bits per heavy atom. The second-order valence-corrected chi connectivity index (χ2v) is 9.40. The van der Waals surface area contributed by atoms with Gasteiger partial charge in [-0.3, -0.25) is 4.99 Å². The first-order valence-electron chi connectivity index (χ1n) is 13.0. The molecule has 5 rings (SSSR count). The molecule has 4 aromatic rings. The maximum Gasteiger partial charge on any atom is 0.124 e. The highest BCUT2D eigenvalue weighted by Gasteiger charge is 2.40. The number of aliphatic imine (C=N–C) groups is 1. The predicted molar refractivity (Wildman–Crippen MR) is 150 cm³/mol. The van der Waals surface area contributed by atoms with Gasteiger partial charge in [0.15, 0.2) is 0 Å². The molecule has 0 saturated carbocycles. The van der Waals surface area contributed by atoms with E-state index < -0.39 is 0 Å². The van der Waals surface area contributed by atoms with Crippen molar-refractivity contribution in [3.8, 4) is 5.75 Å². The van der Waals surface area contributed by atoms with Gasteiger partial charge in [0.05, 0.1) is 24.6 Å². The number of benzene rings is 4. The van der Waals surface area contributed by atoms with Crippen LogP contribution in [0.1, 0.15) is 48.9 Å². The van der Waals surface area contributed by atoms with Crippen molar-refractivity contribution in [1.29, 1.82) is 0 Å². The van der Waals surface area contributed by atoms with E-state index in [4.69, 9.17) is 9.73 Å². The number of rotatable bonds is 8. The number of ether oxygens (including phenoxy) is 1. The fourth-order valence-corrected chi connectivity index (χ4v) is 5.42. The molecule has 2 atom stereocenters. The van der Waals surface area contributed by atoms with Crippen molar-refractivity contribution in [1.82, 2.24) is 0 Å². The van der Waals surface area contributed by atoms with E-state index in [0.717, 1.165) is 37.2 Å². The number of anilines is 1. The van der Waals surface area contributed by atoms with Crippen molar-refractivity contribution in [2.75, 3.05) is 12.0 Å². The highest BCUT2D eigenvalue weighted by atomic mass is 16.5. The Hall–Kier alpha value is -3.85. The van der Waals surface area contributed by atoms with Crippen LogP contribution in [0.25, 0.3) is 0 Å². The van der Waals surface area contributed by atoms with Crippen molar-refractivity contribution < 1.29 is 4.74 Å². The van der Waals surface area contributed by atoms with E-state index in [0.29, 0.717) is 0 Å². The van der Waals surface area contributed by atoms with Crippen LogP contribution in [-0.2, 0) is 6.54 Å². The van der Waals surface area contributed by atoms with Gasteiger partial charge in [-0.1, -0.05) is 105 Å². The Kier molecular flexibility index (Phi) is 7.47. The Labute approximate surface area is 215 Å². The lowest BCUT2D eigenvalue weighted by Crippen LogP contribution is -2.42. The van der Waals surface area contributed by atoms with Crippen LogP contribution in [0.3, 0.4) is 0 Å². The lowest BCUT2D eigenvalue weighted by atomic mass is 9.77. The average Bonchev–Trinajstić information content (AvgIpc) is 2.94.